The molecule has 0 atom stereocenters. The molecule has 0 aliphatic heterocycles. The quantitative estimate of drug-likeness (QED) is 0.666. The normalized spacial score (nSPS) is 9.38. The Hall–Kier alpha value is -1.51. The molecule has 0 unspecified atom stereocenters. The highest BCUT2D eigenvalue weighted by Crippen LogP contribution is 2.28. The smallest absolute Gasteiger partial charge is 0.213 e. The van der Waals surface area contributed by atoms with Gasteiger partial charge < -0.3 is 4.74 Å². The van der Waals surface area contributed by atoms with Crippen molar-refractivity contribution in [3.63, 3.8) is 0 Å². The van der Waals surface area contributed by atoms with Crippen molar-refractivity contribution in [2.45, 2.75) is 6.42 Å². The number of benzene rings is 1. The van der Waals surface area contributed by atoms with E-state index in [1.165, 1.54) is 13.2 Å². The number of rotatable bonds is 4. The van der Waals surface area contributed by atoms with Crippen LogP contribution in [-0.4, -0.2) is 7.11 Å². The van der Waals surface area contributed by atoms with Crippen molar-refractivity contribution in [2.75, 3.05) is 7.11 Å². The maximum atomic E-state index is 11.9. The van der Waals surface area contributed by atoms with E-state index in [4.69, 9.17) is 4.74 Å². The van der Waals surface area contributed by atoms with Crippen molar-refractivity contribution in [3.05, 3.63) is 36.4 Å². The predicted octanol–water partition coefficient (Wildman–Crippen LogP) is 2.69. The fourth-order valence-electron chi connectivity index (χ4n) is 1.07. The molecule has 0 saturated heterocycles. The highest BCUT2D eigenvalue weighted by atomic mass is 19.3. The average Bonchev–Trinajstić information content (AvgIpc) is 2.18. The second-order valence-corrected chi connectivity index (χ2v) is 2.56. The molecular weight excluding hydrogens is 171 g/mol. The van der Waals surface area contributed by atoms with Gasteiger partial charge in [-0.15, -0.1) is 6.58 Å². The molecule has 0 amide bonds. The highest BCUT2D eigenvalue weighted by Gasteiger charge is 2.05. The van der Waals surface area contributed by atoms with Crippen LogP contribution in [0.3, 0.4) is 0 Å². The lowest BCUT2D eigenvalue weighted by Crippen LogP contribution is -1.89. The Morgan fingerprint density at radius 3 is 2.77 bits per heavy atom. The summed E-state index contributed by atoms with van der Waals surface area (Å²) in [6, 6.07) is 5.01. The molecule has 3 heteroatoms. The summed E-state index contributed by atoms with van der Waals surface area (Å²) in [4.78, 5) is 3.62. The van der Waals surface area contributed by atoms with Gasteiger partial charge in [-0.2, -0.15) is 0 Å². The zero-order valence-electron chi connectivity index (χ0n) is 7.42. The van der Waals surface area contributed by atoms with Gasteiger partial charge in [0.1, 0.15) is 0 Å². The first-order valence-electron chi connectivity index (χ1n) is 3.88. The van der Waals surface area contributed by atoms with Crippen molar-refractivity contribution in [1.82, 2.24) is 0 Å². The zero-order chi connectivity index (χ0) is 9.68. The first-order chi connectivity index (χ1) is 6.31. The van der Waals surface area contributed by atoms with Crippen LogP contribution in [0.5, 0.6) is 11.5 Å². The molecule has 0 radical (unpaired) electrons. The van der Waals surface area contributed by atoms with Gasteiger partial charge in [-0.1, -0.05) is 12.1 Å². The molecule has 70 valence electrons. The van der Waals surface area contributed by atoms with Crippen molar-refractivity contribution in [2.24, 2.45) is 0 Å². The van der Waals surface area contributed by atoms with Crippen molar-refractivity contribution < 1.29 is 14.2 Å². The fraction of sp³-hybridized carbons (Fsp3) is 0.200. The molecule has 0 aliphatic carbocycles. The van der Waals surface area contributed by atoms with E-state index in [9.17, 15) is 4.53 Å². The Labute approximate surface area is 76.5 Å². The van der Waals surface area contributed by atoms with Gasteiger partial charge in [0, 0.05) is 4.53 Å². The number of hydrogen-bond donors (Lipinski definition) is 0. The van der Waals surface area contributed by atoms with E-state index in [2.05, 4.69) is 11.5 Å². The summed E-state index contributed by atoms with van der Waals surface area (Å²) in [5.74, 6) is 0.483. The summed E-state index contributed by atoms with van der Waals surface area (Å²) in [5.41, 5.74) is 1.01. The Kier molecular flexibility index (Phi) is 3.31. The Balaban J connectivity index is 2.98. The summed E-state index contributed by atoms with van der Waals surface area (Å²) < 4.78 is 16.8. The monoisotopic (exact) mass is 182 g/mol. The van der Waals surface area contributed by atoms with Crippen molar-refractivity contribution >= 4 is 0 Å². The molecule has 0 N–H and O–H groups in total. The van der Waals surface area contributed by atoms with E-state index in [0.717, 1.165) is 12.0 Å². The second kappa shape index (κ2) is 4.50. The first kappa shape index (κ1) is 9.58. The third-order valence-corrected chi connectivity index (χ3v) is 1.69. The molecule has 13 heavy (non-hydrogen) atoms. The topological polar surface area (TPSA) is 18.5 Å². The first-order valence-corrected chi connectivity index (χ1v) is 3.88. The fourth-order valence-corrected chi connectivity index (χ4v) is 1.07. The standard InChI is InChI=1S/C10H11FO2/c1-3-4-8-5-6-9(13-11)10(7-8)12-2/h3,5-7H,1,4H2,2H3. The minimum absolute atomic E-state index is 0.0929. The number of halogens is 1. The van der Waals surface area contributed by atoms with Crippen LogP contribution in [0.15, 0.2) is 30.9 Å². The molecule has 0 aliphatic rings. The van der Waals surface area contributed by atoms with E-state index in [-0.39, 0.29) is 5.75 Å². The van der Waals surface area contributed by atoms with Crippen LogP contribution in [0.2, 0.25) is 0 Å². The predicted molar refractivity (Wildman–Crippen MR) is 48.6 cm³/mol. The Morgan fingerprint density at radius 2 is 2.23 bits per heavy atom. The van der Waals surface area contributed by atoms with Gasteiger partial charge in [-0.3, -0.25) is 4.94 Å². The van der Waals surface area contributed by atoms with E-state index >= 15 is 0 Å². The summed E-state index contributed by atoms with van der Waals surface area (Å²) in [5, 5.41) is 0. The molecule has 0 fully saturated rings. The lowest BCUT2D eigenvalue weighted by Gasteiger charge is -2.05. The molecule has 0 saturated carbocycles. The molecule has 0 aromatic heterocycles. The third kappa shape index (κ3) is 2.21. The van der Waals surface area contributed by atoms with Crippen molar-refractivity contribution in [1.29, 1.82) is 0 Å². The van der Waals surface area contributed by atoms with Crippen LogP contribution >= 0.6 is 0 Å². The van der Waals surface area contributed by atoms with Gasteiger partial charge in [0.25, 0.3) is 0 Å². The summed E-state index contributed by atoms with van der Waals surface area (Å²) in [6.45, 7) is 3.61. The van der Waals surface area contributed by atoms with Crippen LogP contribution < -0.4 is 9.68 Å². The molecular formula is C10H11FO2. The van der Waals surface area contributed by atoms with Crippen LogP contribution in [0.4, 0.5) is 4.53 Å². The molecule has 1 rings (SSSR count). The molecule has 2 nitrogen and oxygen atoms in total. The minimum Gasteiger partial charge on any atom is -0.493 e. The van der Waals surface area contributed by atoms with E-state index in [0.29, 0.717) is 5.75 Å². The van der Waals surface area contributed by atoms with Crippen LogP contribution in [-0.2, 0) is 6.42 Å². The number of allylic oxidation sites excluding steroid dienone is 1. The summed E-state index contributed by atoms with van der Waals surface area (Å²) >= 11 is 0. The van der Waals surface area contributed by atoms with Crippen LogP contribution in [0.25, 0.3) is 0 Å². The van der Waals surface area contributed by atoms with Gasteiger partial charge in [0.2, 0.25) is 5.75 Å². The van der Waals surface area contributed by atoms with Gasteiger partial charge >= 0.3 is 0 Å². The highest BCUT2D eigenvalue weighted by molar-refractivity contribution is 5.42. The lowest BCUT2D eigenvalue weighted by atomic mass is 10.1. The molecule has 0 bridgehead atoms. The summed E-state index contributed by atoms with van der Waals surface area (Å²) in [6.07, 6.45) is 2.49. The Bertz CT molecular complexity index is 297. The summed E-state index contributed by atoms with van der Waals surface area (Å²) in [7, 11) is 1.47. The van der Waals surface area contributed by atoms with Gasteiger partial charge in [-0.05, 0) is 24.1 Å². The van der Waals surface area contributed by atoms with Crippen LogP contribution in [0.1, 0.15) is 5.56 Å². The second-order valence-electron chi connectivity index (χ2n) is 2.56. The molecule has 1 aromatic carbocycles. The average molecular weight is 182 g/mol. The maximum absolute atomic E-state index is 11.9. The van der Waals surface area contributed by atoms with Gasteiger partial charge in [-0.25, -0.2) is 0 Å². The number of methoxy groups -OCH3 is 1. The lowest BCUT2D eigenvalue weighted by molar-refractivity contribution is -0.00898. The van der Waals surface area contributed by atoms with E-state index in [1.807, 2.05) is 0 Å². The largest absolute Gasteiger partial charge is 0.493 e. The van der Waals surface area contributed by atoms with Crippen LogP contribution in [0, 0.1) is 0 Å². The number of ether oxygens (including phenoxy) is 1. The zero-order valence-corrected chi connectivity index (χ0v) is 7.42. The van der Waals surface area contributed by atoms with Crippen molar-refractivity contribution in [3.8, 4) is 11.5 Å². The minimum atomic E-state index is 0.0929. The molecule has 0 spiro atoms. The maximum Gasteiger partial charge on any atom is 0.213 e. The third-order valence-electron chi connectivity index (χ3n) is 1.69. The molecule has 1 aromatic rings. The van der Waals surface area contributed by atoms with E-state index < -0.39 is 0 Å². The Morgan fingerprint density at radius 1 is 1.46 bits per heavy atom. The number of hydrogen-bond acceptors (Lipinski definition) is 2. The van der Waals surface area contributed by atoms with Gasteiger partial charge in [0.05, 0.1) is 7.11 Å². The molecule has 0 heterocycles. The van der Waals surface area contributed by atoms with Gasteiger partial charge in [0.15, 0.2) is 5.75 Å². The van der Waals surface area contributed by atoms with E-state index in [1.54, 1.807) is 18.2 Å². The SMILES string of the molecule is C=CCc1ccc(OF)c(OC)c1.